The van der Waals surface area contributed by atoms with Gasteiger partial charge in [0, 0.05) is 21.4 Å². The number of rotatable bonds is 2. The van der Waals surface area contributed by atoms with Gasteiger partial charge in [-0.25, -0.2) is 0 Å². The van der Waals surface area contributed by atoms with Crippen molar-refractivity contribution in [2.45, 2.75) is 6.92 Å². The summed E-state index contributed by atoms with van der Waals surface area (Å²) in [5.74, 6) is 0. The lowest BCUT2D eigenvalue weighted by Crippen LogP contribution is -2.19. The zero-order chi connectivity index (χ0) is 13.8. The minimum Gasteiger partial charge on any atom is -0.332 e. The highest BCUT2D eigenvalue weighted by Crippen LogP contribution is 2.22. The molecule has 0 bridgehead atoms. The second-order valence-corrected chi connectivity index (χ2v) is 5.39. The Morgan fingerprint density at radius 1 is 0.947 bits per heavy atom. The second-order valence-electron chi connectivity index (χ2n) is 4.11. The molecule has 0 aliphatic heterocycles. The van der Waals surface area contributed by atoms with E-state index in [9.17, 15) is 0 Å². The Bertz CT molecular complexity index is 594. The van der Waals surface area contributed by atoms with Crippen LogP contribution in [0, 0.1) is 6.92 Å². The summed E-state index contributed by atoms with van der Waals surface area (Å²) >= 11 is 17.1. The van der Waals surface area contributed by atoms with Crippen LogP contribution in [0.25, 0.3) is 0 Å². The van der Waals surface area contributed by atoms with Gasteiger partial charge in [0.25, 0.3) is 0 Å². The fourth-order valence-electron chi connectivity index (χ4n) is 1.64. The van der Waals surface area contributed by atoms with Gasteiger partial charge in [0.05, 0.1) is 0 Å². The normalized spacial score (nSPS) is 10.1. The minimum absolute atomic E-state index is 0.490. The van der Waals surface area contributed by atoms with E-state index in [2.05, 4.69) is 10.6 Å². The molecule has 5 heteroatoms. The maximum Gasteiger partial charge on any atom is 0.175 e. The summed E-state index contributed by atoms with van der Waals surface area (Å²) in [6, 6.07) is 13.2. The van der Waals surface area contributed by atoms with Crippen LogP contribution < -0.4 is 10.6 Å². The molecule has 0 saturated heterocycles. The molecule has 0 amide bonds. The fourth-order valence-corrected chi connectivity index (χ4v) is 2.40. The Hall–Kier alpha value is -1.29. The van der Waals surface area contributed by atoms with E-state index >= 15 is 0 Å². The number of aryl methyl sites for hydroxylation is 1. The first-order valence-corrected chi connectivity index (χ1v) is 6.80. The van der Waals surface area contributed by atoms with Crippen LogP contribution in [-0.4, -0.2) is 5.11 Å². The molecule has 2 N–H and O–H groups in total. The summed E-state index contributed by atoms with van der Waals surface area (Å²) in [6.07, 6.45) is 0. The van der Waals surface area contributed by atoms with Gasteiger partial charge in [-0.05, 0) is 55.0 Å². The Balaban J connectivity index is 2.05. The summed E-state index contributed by atoms with van der Waals surface area (Å²) < 4.78 is 0. The van der Waals surface area contributed by atoms with Gasteiger partial charge in [0.1, 0.15) is 0 Å². The first-order chi connectivity index (χ1) is 9.02. The largest absolute Gasteiger partial charge is 0.332 e. The third-order valence-corrected chi connectivity index (χ3v) is 3.04. The molecule has 2 rings (SSSR count). The van der Waals surface area contributed by atoms with Crippen molar-refractivity contribution in [3.63, 3.8) is 0 Å². The standard InChI is InChI=1S/C14H12Cl2N2S/c1-9-3-2-4-12(5-9)17-14(19)18-13-7-10(15)6-11(16)8-13/h2-8H,1H3,(H2,17,18,19). The molecule has 0 atom stereocenters. The van der Waals surface area contributed by atoms with Crippen molar-refractivity contribution in [3.8, 4) is 0 Å². The topological polar surface area (TPSA) is 24.1 Å². The summed E-state index contributed by atoms with van der Waals surface area (Å²) in [5.41, 5.74) is 2.85. The van der Waals surface area contributed by atoms with Crippen LogP contribution in [0.4, 0.5) is 11.4 Å². The number of nitrogens with one attached hydrogen (secondary N) is 2. The van der Waals surface area contributed by atoms with E-state index < -0.39 is 0 Å². The molecule has 19 heavy (non-hydrogen) atoms. The van der Waals surface area contributed by atoms with Gasteiger partial charge < -0.3 is 10.6 Å². The van der Waals surface area contributed by atoms with Gasteiger partial charge in [-0.3, -0.25) is 0 Å². The van der Waals surface area contributed by atoms with Crippen molar-refractivity contribution in [2.75, 3.05) is 10.6 Å². The van der Waals surface area contributed by atoms with E-state index in [1.54, 1.807) is 18.2 Å². The average Bonchev–Trinajstić information content (AvgIpc) is 2.26. The van der Waals surface area contributed by atoms with Crippen LogP contribution in [0.3, 0.4) is 0 Å². The SMILES string of the molecule is Cc1cccc(NC(=S)Nc2cc(Cl)cc(Cl)c2)c1. The Kier molecular flexibility index (Phi) is 4.64. The Morgan fingerprint density at radius 2 is 1.58 bits per heavy atom. The molecule has 0 saturated carbocycles. The molecule has 0 aliphatic rings. The monoisotopic (exact) mass is 310 g/mol. The van der Waals surface area contributed by atoms with Crippen LogP contribution >= 0.6 is 35.4 Å². The fraction of sp³-hybridized carbons (Fsp3) is 0.0714. The van der Waals surface area contributed by atoms with Crippen LogP contribution in [0.1, 0.15) is 5.56 Å². The molecular formula is C14H12Cl2N2S. The number of benzene rings is 2. The van der Waals surface area contributed by atoms with Crippen molar-refractivity contribution < 1.29 is 0 Å². The molecular weight excluding hydrogens is 299 g/mol. The highest BCUT2D eigenvalue weighted by Gasteiger charge is 2.01. The molecule has 0 radical (unpaired) electrons. The van der Waals surface area contributed by atoms with Crippen molar-refractivity contribution in [3.05, 3.63) is 58.1 Å². The molecule has 0 spiro atoms. The lowest BCUT2D eigenvalue weighted by atomic mass is 10.2. The van der Waals surface area contributed by atoms with E-state index in [4.69, 9.17) is 35.4 Å². The highest BCUT2D eigenvalue weighted by molar-refractivity contribution is 7.80. The Morgan fingerprint density at radius 3 is 2.21 bits per heavy atom. The van der Waals surface area contributed by atoms with Crippen molar-refractivity contribution in [1.29, 1.82) is 0 Å². The summed E-state index contributed by atoms with van der Waals surface area (Å²) in [7, 11) is 0. The van der Waals surface area contributed by atoms with Crippen molar-refractivity contribution in [2.24, 2.45) is 0 Å². The molecule has 0 unspecified atom stereocenters. The number of halogens is 2. The van der Waals surface area contributed by atoms with Crippen LogP contribution in [0.5, 0.6) is 0 Å². The number of hydrogen-bond acceptors (Lipinski definition) is 1. The molecule has 2 nitrogen and oxygen atoms in total. The maximum atomic E-state index is 5.93. The molecule has 0 aliphatic carbocycles. The minimum atomic E-state index is 0.490. The van der Waals surface area contributed by atoms with Gasteiger partial charge in [-0.2, -0.15) is 0 Å². The van der Waals surface area contributed by atoms with Crippen LogP contribution in [0.15, 0.2) is 42.5 Å². The van der Waals surface area contributed by atoms with E-state index in [0.717, 1.165) is 11.4 Å². The van der Waals surface area contributed by atoms with Crippen molar-refractivity contribution in [1.82, 2.24) is 0 Å². The first-order valence-electron chi connectivity index (χ1n) is 5.64. The molecule has 0 fully saturated rings. The van der Waals surface area contributed by atoms with E-state index in [1.807, 2.05) is 31.2 Å². The number of thiocarbonyl (C=S) groups is 1. The van der Waals surface area contributed by atoms with Crippen LogP contribution in [0.2, 0.25) is 10.0 Å². The summed E-state index contributed by atoms with van der Waals surface area (Å²) in [5, 5.41) is 7.76. The average molecular weight is 311 g/mol. The van der Waals surface area contributed by atoms with Gasteiger partial charge in [-0.1, -0.05) is 35.3 Å². The number of hydrogen-bond donors (Lipinski definition) is 2. The van der Waals surface area contributed by atoms with E-state index in [1.165, 1.54) is 5.56 Å². The third kappa shape index (κ3) is 4.39. The molecule has 2 aromatic rings. The quantitative estimate of drug-likeness (QED) is 0.754. The maximum absolute atomic E-state index is 5.93. The predicted octanol–water partition coefficient (Wildman–Crippen LogP) is 5.11. The predicted molar refractivity (Wildman–Crippen MR) is 87.5 cm³/mol. The lowest BCUT2D eigenvalue weighted by Gasteiger charge is -2.11. The summed E-state index contributed by atoms with van der Waals surface area (Å²) in [6.45, 7) is 2.03. The van der Waals surface area contributed by atoms with Crippen LogP contribution in [-0.2, 0) is 0 Å². The van der Waals surface area contributed by atoms with Gasteiger partial charge in [0.2, 0.25) is 0 Å². The Labute approximate surface area is 127 Å². The van der Waals surface area contributed by atoms with E-state index in [0.29, 0.717) is 15.2 Å². The van der Waals surface area contributed by atoms with Crippen molar-refractivity contribution >= 4 is 51.9 Å². The van der Waals surface area contributed by atoms with Gasteiger partial charge >= 0.3 is 0 Å². The van der Waals surface area contributed by atoms with Gasteiger partial charge in [0.15, 0.2) is 5.11 Å². The van der Waals surface area contributed by atoms with Gasteiger partial charge in [-0.15, -0.1) is 0 Å². The zero-order valence-corrected chi connectivity index (χ0v) is 12.5. The third-order valence-electron chi connectivity index (χ3n) is 2.40. The highest BCUT2D eigenvalue weighted by atomic mass is 35.5. The lowest BCUT2D eigenvalue weighted by molar-refractivity contribution is 1.46. The second kappa shape index (κ2) is 6.24. The molecule has 2 aromatic carbocycles. The van der Waals surface area contributed by atoms with E-state index in [-0.39, 0.29) is 0 Å². The molecule has 0 aromatic heterocycles. The first kappa shape index (κ1) is 14.1. The summed E-state index contributed by atoms with van der Waals surface area (Å²) in [4.78, 5) is 0. The number of anilines is 2. The molecule has 0 heterocycles. The molecule has 98 valence electrons. The smallest absolute Gasteiger partial charge is 0.175 e. The zero-order valence-electron chi connectivity index (χ0n) is 10.2.